The van der Waals surface area contributed by atoms with Gasteiger partial charge < -0.3 is 0 Å². The first-order chi connectivity index (χ1) is 17.3. The molecule has 190 valence electrons. The Balaban J connectivity index is 1.45. The van der Waals surface area contributed by atoms with E-state index in [0.717, 1.165) is 37.8 Å². The summed E-state index contributed by atoms with van der Waals surface area (Å²) in [6.45, 7) is 10.8. The van der Waals surface area contributed by atoms with E-state index in [1.807, 2.05) is 0 Å². The summed E-state index contributed by atoms with van der Waals surface area (Å²) < 4.78 is 15.0. The number of nitrogens with zero attached hydrogens (tertiary/aromatic N) is 3. The Kier molecular flexibility index (Phi) is 7.97. The number of carbonyl (C=O) groups is 1. The Morgan fingerprint density at radius 1 is 1.06 bits per heavy atom. The number of hydrogen-bond acceptors (Lipinski definition) is 4. The number of aromatic nitrogens is 1. The van der Waals surface area contributed by atoms with Crippen LogP contribution in [0.4, 0.5) is 4.39 Å². The topological polar surface area (TPSA) is 54.7 Å². The van der Waals surface area contributed by atoms with Crippen LogP contribution >= 0.6 is 0 Å². The van der Waals surface area contributed by atoms with Crippen LogP contribution < -0.4 is 0 Å². The molecule has 2 aliphatic rings. The number of aliphatic imine (C=N–C) groups is 2. The van der Waals surface area contributed by atoms with Gasteiger partial charge in [-0.05, 0) is 98.2 Å². The van der Waals surface area contributed by atoms with Crippen molar-refractivity contribution in [1.29, 1.82) is 0 Å². The molecule has 1 aromatic heterocycles. The number of hydrogen-bond donors (Lipinski definition) is 0. The minimum atomic E-state index is -0.703. The van der Waals surface area contributed by atoms with Crippen LogP contribution in [0.1, 0.15) is 78.3 Å². The highest BCUT2D eigenvalue weighted by atomic mass is 19.1. The number of ketones is 1. The summed E-state index contributed by atoms with van der Waals surface area (Å²) in [5.41, 5.74) is 8.63. The number of carbonyl (C=O) groups excluding carboxylic acids is 1. The first kappa shape index (κ1) is 26.1. The number of fused-ring (bicyclic) bond motifs is 1. The van der Waals surface area contributed by atoms with Gasteiger partial charge in [-0.25, -0.2) is 4.98 Å². The summed E-state index contributed by atoms with van der Waals surface area (Å²) in [6, 6.07) is 7.83. The van der Waals surface area contributed by atoms with Gasteiger partial charge in [-0.1, -0.05) is 39.0 Å². The summed E-state index contributed by atoms with van der Waals surface area (Å²) >= 11 is 0. The van der Waals surface area contributed by atoms with Crippen molar-refractivity contribution in [3.63, 3.8) is 0 Å². The predicted molar refractivity (Wildman–Crippen MR) is 146 cm³/mol. The minimum absolute atomic E-state index is 0.00681. The number of rotatable bonds is 8. The smallest absolute Gasteiger partial charge is 0.224 e. The third kappa shape index (κ3) is 4.98. The van der Waals surface area contributed by atoms with E-state index in [9.17, 15) is 4.79 Å². The highest BCUT2D eigenvalue weighted by molar-refractivity contribution is 6.52. The Morgan fingerprint density at radius 3 is 2.44 bits per heavy atom. The number of pyridine rings is 1. The zero-order valence-corrected chi connectivity index (χ0v) is 22.5. The molecule has 1 aliphatic heterocycles. The molecule has 0 saturated carbocycles. The van der Waals surface area contributed by atoms with E-state index in [-0.39, 0.29) is 23.3 Å². The lowest BCUT2D eigenvalue weighted by molar-refractivity contribution is 0.105. The fourth-order valence-corrected chi connectivity index (χ4v) is 5.76. The number of Topliss-reactive ketones (excluding diaryl/α,β-unsaturated/α-hetero) is 1. The van der Waals surface area contributed by atoms with Crippen molar-refractivity contribution in [3.05, 3.63) is 75.4 Å². The lowest BCUT2D eigenvalue weighted by Gasteiger charge is -2.34. The SMILES string of the molecule is CCC1=CC(C)CC2N=C(C(=O)c3ccc(CCCc4ccc(CC)c(C)c4C)nc3F)C2C1=NC. The van der Waals surface area contributed by atoms with Crippen LogP contribution in [0.25, 0.3) is 0 Å². The van der Waals surface area contributed by atoms with Gasteiger partial charge in [0.25, 0.3) is 0 Å². The van der Waals surface area contributed by atoms with Gasteiger partial charge in [-0.15, -0.1) is 0 Å². The second-order valence-corrected chi connectivity index (χ2v) is 10.2. The van der Waals surface area contributed by atoms with Gasteiger partial charge >= 0.3 is 0 Å². The highest BCUT2D eigenvalue weighted by Crippen LogP contribution is 2.37. The van der Waals surface area contributed by atoms with Crippen LogP contribution in [0, 0.1) is 31.6 Å². The maximum absolute atomic E-state index is 15.0. The number of allylic oxidation sites excluding steroid dienone is 2. The van der Waals surface area contributed by atoms with Gasteiger partial charge in [0.05, 0.1) is 23.2 Å². The van der Waals surface area contributed by atoms with E-state index in [0.29, 0.717) is 23.7 Å². The lowest BCUT2D eigenvalue weighted by Crippen LogP contribution is -2.47. The number of aryl methyl sites for hydroxylation is 3. The van der Waals surface area contributed by atoms with E-state index >= 15 is 4.39 Å². The average molecular weight is 488 g/mol. The van der Waals surface area contributed by atoms with Crippen molar-refractivity contribution in [2.45, 2.75) is 79.2 Å². The summed E-state index contributed by atoms with van der Waals surface area (Å²) in [4.78, 5) is 26.6. The standard InChI is InChI=1S/C31H38FN3O/c1-7-21-12-13-23(20(5)19(21)4)10-9-11-24-14-15-25(31(32)34-24)30(36)29-27-26(35-29)17-18(3)16-22(8-2)28(27)33-6/h12-16,18,26-27H,7-11,17H2,1-6H3. The van der Waals surface area contributed by atoms with Gasteiger partial charge in [0.1, 0.15) is 0 Å². The van der Waals surface area contributed by atoms with Crippen LogP contribution in [0.15, 0.2) is 45.9 Å². The third-order valence-electron chi connectivity index (χ3n) is 7.98. The monoisotopic (exact) mass is 487 g/mol. The summed E-state index contributed by atoms with van der Waals surface area (Å²) in [6.07, 6.45) is 7.49. The zero-order valence-electron chi connectivity index (χ0n) is 22.5. The van der Waals surface area contributed by atoms with Crippen LogP contribution in [0.3, 0.4) is 0 Å². The van der Waals surface area contributed by atoms with Crippen LogP contribution in [-0.2, 0) is 19.3 Å². The van der Waals surface area contributed by atoms with E-state index in [4.69, 9.17) is 0 Å². The molecule has 36 heavy (non-hydrogen) atoms. The van der Waals surface area contributed by atoms with Crippen LogP contribution in [0.5, 0.6) is 0 Å². The van der Waals surface area contributed by atoms with Gasteiger partial charge in [0, 0.05) is 18.5 Å². The minimum Gasteiger partial charge on any atom is -0.292 e. The molecule has 1 aromatic carbocycles. The van der Waals surface area contributed by atoms with Crippen molar-refractivity contribution >= 4 is 17.2 Å². The molecule has 2 heterocycles. The van der Waals surface area contributed by atoms with Gasteiger partial charge in [-0.3, -0.25) is 14.8 Å². The molecule has 0 amide bonds. The van der Waals surface area contributed by atoms with E-state index in [2.05, 4.69) is 67.8 Å². The maximum atomic E-state index is 15.0. The fraction of sp³-hybridized carbons (Fsp3) is 0.484. The zero-order chi connectivity index (χ0) is 26.0. The maximum Gasteiger partial charge on any atom is 0.224 e. The van der Waals surface area contributed by atoms with Crippen LogP contribution in [0.2, 0.25) is 0 Å². The Morgan fingerprint density at radius 2 is 1.78 bits per heavy atom. The van der Waals surface area contributed by atoms with Crippen molar-refractivity contribution in [3.8, 4) is 0 Å². The van der Waals surface area contributed by atoms with Gasteiger partial charge in [0.15, 0.2) is 0 Å². The highest BCUT2D eigenvalue weighted by Gasteiger charge is 2.45. The molecular formula is C31H38FN3O. The molecule has 0 radical (unpaired) electrons. The number of halogens is 1. The second-order valence-electron chi connectivity index (χ2n) is 10.2. The average Bonchev–Trinajstić information content (AvgIpc) is 2.95. The molecule has 0 spiro atoms. The Labute approximate surface area is 214 Å². The fourth-order valence-electron chi connectivity index (χ4n) is 5.76. The van der Waals surface area contributed by atoms with Crippen molar-refractivity contribution in [1.82, 2.24) is 4.98 Å². The molecule has 0 fully saturated rings. The normalized spacial score (nSPS) is 22.4. The summed E-state index contributed by atoms with van der Waals surface area (Å²) in [5.74, 6) is -0.835. The second kappa shape index (κ2) is 11.0. The van der Waals surface area contributed by atoms with E-state index in [1.54, 1.807) is 19.2 Å². The van der Waals surface area contributed by atoms with Crippen molar-refractivity contribution < 1.29 is 9.18 Å². The number of benzene rings is 1. The largest absolute Gasteiger partial charge is 0.292 e. The summed E-state index contributed by atoms with van der Waals surface area (Å²) in [7, 11) is 1.77. The van der Waals surface area contributed by atoms with E-state index in [1.165, 1.54) is 27.8 Å². The predicted octanol–water partition coefficient (Wildman–Crippen LogP) is 6.64. The molecule has 3 unspecified atom stereocenters. The van der Waals surface area contributed by atoms with Gasteiger partial charge in [-0.2, -0.15) is 4.39 Å². The summed E-state index contributed by atoms with van der Waals surface area (Å²) in [5, 5.41) is 0. The molecule has 4 nitrogen and oxygen atoms in total. The Bertz CT molecular complexity index is 1260. The van der Waals surface area contributed by atoms with Crippen LogP contribution in [-0.4, -0.2) is 35.3 Å². The Hall–Kier alpha value is -2.95. The molecular weight excluding hydrogens is 449 g/mol. The quantitative estimate of drug-likeness (QED) is 0.309. The molecule has 0 bridgehead atoms. The third-order valence-corrected chi connectivity index (χ3v) is 7.98. The molecule has 2 aromatic rings. The first-order valence-electron chi connectivity index (χ1n) is 13.3. The molecule has 0 N–H and O–H groups in total. The van der Waals surface area contributed by atoms with Crippen molar-refractivity contribution in [2.75, 3.05) is 7.05 Å². The van der Waals surface area contributed by atoms with Gasteiger partial charge in [0.2, 0.25) is 11.7 Å². The first-order valence-corrected chi connectivity index (χ1v) is 13.3. The molecule has 5 heteroatoms. The molecule has 3 atom stereocenters. The van der Waals surface area contributed by atoms with Crippen molar-refractivity contribution in [2.24, 2.45) is 21.8 Å². The molecule has 0 saturated heterocycles. The van der Waals surface area contributed by atoms with E-state index < -0.39 is 5.95 Å². The lowest BCUT2D eigenvalue weighted by atomic mass is 9.77. The molecule has 4 rings (SSSR count). The molecule has 1 aliphatic carbocycles.